The monoisotopic (exact) mass is 211 g/mol. The molecule has 3 nitrogen and oxygen atoms in total. The minimum absolute atomic E-state index is 0.0761. The quantitative estimate of drug-likeness (QED) is 0.804. The van der Waals surface area contributed by atoms with Crippen LogP contribution >= 0.6 is 0 Å². The molecule has 0 bridgehead atoms. The molecule has 0 radical (unpaired) electrons. The molecule has 0 aliphatic rings. The Hall–Kier alpha value is -1.16. The van der Waals surface area contributed by atoms with Gasteiger partial charge < -0.3 is 10.6 Å². The smallest absolute Gasteiger partial charge is 0.141 e. The minimum atomic E-state index is -0.306. The third-order valence-electron chi connectivity index (χ3n) is 1.79. The number of nitrogens with one attached hydrogen (secondary N) is 2. The Morgan fingerprint density at radius 1 is 1.40 bits per heavy atom. The average molecular weight is 211 g/mol. The van der Waals surface area contributed by atoms with Crippen molar-refractivity contribution < 1.29 is 4.39 Å². The average Bonchev–Trinajstić information content (AvgIpc) is 2.08. The largest absolute Gasteiger partial charge is 0.365 e. The summed E-state index contributed by atoms with van der Waals surface area (Å²) in [5.41, 5.74) is 0.764. The van der Waals surface area contributed by atoms with Crippen molar-refractivity contribution >= 4 is 5.82 Å². The predicted octanol–water partition coefficient (Wildman–Crippen LogP) is 2.15. The molecule has 0 amide bonds. The Bertz CT molecular complexity index is 331. The molecule has 0 saturated carbocycles. The van der Waals surface area contributed by atoms with Crippen molar-refractivity contribution in [1.29, 1.82) is 0 Å². The van der Waals surface area contributed by atoms with E-state index in [1.807, 2.05) is 27.8 Å². The topological polar surface area (TPSA) is 37.0 Å². The first-order valence-corrected chi connectivity index (χ1v) is 4.99. The molecule has 1 rings (SSSR count). The SMILES string of the molecule is CNCc1cc(F)cnc1NC(C)(C)C. The second-order valence-electron chi connectivity index (χ2n) is 4.57. The Kier molecular flexibility index (Phi) is 3.63. The molecule has 1 aromatic rings. The molecular weight excluding hydrogens is 193 g/mol. The number of rotatable bonds is 3. The maximum atomic E-state index is 13.0. The fourth-order valence-corrected chi connectivity index (χ4v) is 1.27. The van der Waals surface area contributed by atoms with Crippen LogP contribution in [0, 0.1) is 5.82 Å². The molecule has 0 saturated heterocycles. The van der Waals surface area contributed by atoms with Gasteiger partial charge in [0, 0.05) is 17.6 Å². The molecule has 1 aromatic heterocycles. The van der Waals surface area contributed by atoms with Crippen LogP contribution in [0.3, 0.4) is 0 Å². The van der Waals surface area contributed by atoms with E-state index < -0.39 is 0 Å². The van der Waals surface area contributed by atoms with Crippen LogP contribution in [-0.2, 0) is 6.54 Å². The van der Waals surface area contributed by atoms with E-state index in [9.17, 15) is 4.39 Å². The summed E-state index contributed by atoms with van der Waals surface area (Å²) < 4.78 is 13.0. The van der Waals surface area contributed by atoms with E-state index >= 15 is 0 Å². The van der Waals surface area contributed by atoms with Crippen molar-refractivity contribution in [2.24, 2.45) is 0 Å². The second kappa shape index (κ2) is 4.57. The molecular formula is C11H18FN3. The lowest BCUT2D eigenvalue weighted by molar-refractivity contribution is 0.606. The number of aromatic nitrogens is 1. The van der Waals surface area contributed by atoms with Crippen LogP contribution in [0.4, 0.5) is 10.2 Å². The van der Waals surface area contributed by atoms with E-state index in [0.29, 0.717) is 6.54 Å². The van der Waals surface area contributed by atoms with Crippen LogP contribution < -0.4 is 10.6 Å². The lowest BCUT2D eigenvalue weighted by Crippen LogP contribution is -2.28. The van der Waals surface area contributed by atoms with E-state index in [2.05, 4.69) is 15.6 Å². The van der Waals surface area contributed by atoms with E-state index in [1.54, 1.807) is 0 Å². The first kappa shape index (κ1) is 11.9. The van der Waals surface area contributed by atoms with Crippen LogP contribution in [0.1, 0.15) is 26.3 Å². The minimum Gasteiger partial charge on any atom is -0.365 e. The summed E-state index contributed by atoms with van der Waals surface area (Å²) in [5.74, 6) is 0.429. The van der Waals surface area contributed by atoms with Crippen LogP contribution in [0.15, 0.2) is 12.3 Å². The number of hydrogen-bond donors (Lipinski definition) is 2. The molecule has 0 aliphatic heterocycles. The summed E-state index contributed by atoms with van der Waals surface area (Å²) in [6.45, 7) is 6.73. The van der Waals surface area contributed by atoms with Crippen molar-refractivity contribution in [3.8, 4) is 0 Å². The molecule has 15 heavy (non-hydrogen) atoms. The first-order chi connectivity index (χ1) is 6.92. The summed E-state index contributed by atoms with van der Waals surface area (Å²) >= 11 is 0. The standard InChI is InChI=1S/C11H18FN3/c1-11(2,3)15-10-8(6-13-4)5-9(12)7-14-10/h5,7,13H,6H2,1-4H3,(H,14,15). The fourth-order valence-electron chi connectivity index (χ4n) is 1.27. The number of nitrogens with zero attached hydrogens (tertiary/aromatic N) is 1. The van der Waals surface area contributed by atoms with Crippen molar-refractivity contribution in [2.45, 2.75) is 32.9 Å². The number of anilines is 1. The third kappa shape index (κ3) is 3.83. The van der Waals surface area contributed by atoms with E-state index in [-0.39, 0.29) is 11.4 Å². The van der Waals surface area contributed by atoms with Crippen LogP contribution in [0.25, 0.3) is 0 Å². The third-order valence-corrected chi connectivity index (χ3v) is 1.79. The summed E-state index contributed by atoms with van der Waals surface area (Å²) in [5, 5.41) is 6.23. The van der Waals surface area contributed by atoms with Gasteiger partial charge in [-0.05, 0) is 33.9 Å². The maximum Gasteiger partial charge on any atom is 0.141 e. The van der Waals surface area contributed by atoms with Gasteiger partial charge >= 0.3 is 0 Å². The second-order valence-corrected chi connectivity index (χ2v) is 4.57. The molecule has 0 atom stereocenters. The van der Waals surface area contributed by atoms with Gasteiger partial charge in [0.25, 0.3) is 0 Å². The van der Waals surface area contributed by atoms with Crippen LogP contribution in [0.5, 0.6) is 0 Å². The van der Waals surface area contributed by atoms with Crippen molar-refractivity contribution in [3.05, 3.63) is 23.6 Å². The van der Waals surface area contributed by atoms with E-state index in [1.165, 1.54) is 12.3 Å². The molecule has 2 N–H and O–H groups in total. The van der Waals surface area contributed by atoms with Crippen molar-refractivity contribution in [1.82, 2.24) is 10.3 Å². The zero-order chi connectivity index (χ0) is 11.5. The number of hydrogen-bond acceptors (Lipinski definition) is 3. The fraction of sp³-hybridized carbons (Fsp3) is 0.545. The van der Waals surface area contributed by atoms with Gasteiger partial charge in [0.05, 0.1) is 6.20 Å². The highest BCUT2D eigenvalue weighted by Crippen LogP contribution is 2.17. The normalized spacial score (nSPS) is 11.5. The maximum absolute atomic E-state index is 13.0. The van der Waals surface area contributed by atoms with E-state index in [0.717, 1.165) is 11.4 Å². The summed E-state index contributed by atoms with van der Waals surface area (Å²) in [4.78, 5) is 4.06. The zero-order valence-electron chi connectivity index (χ0n) is 9.69. The van der Waals surface area contributed by atoms with Gasteiger partial charge in [-0.15, -0.1) is 0 Å². The number of halogens is 1. The highest BCUT2D eigenvalue weighted by Gasteiger charge is 2.13. The molecule has 1 heterocycles. The lowest BCUT2D eigenvalue weighted by Gasteiger charge is -2.23. The Labute approximate surface area is 90.1 Å². The van der Waals surface area contributed by atoms with Crippen LogP contribution in [-0.4, -0.2) is 17.6 Å². The zero-order valence-corrected chi connectivity index (χ0v) is 9.69. The number of pyridine rings is 1. The predicted molar refractivity (Wildman–Crippen MR) is 60.3 cm³/mol. The van der Waals surface area contributed by atoms with Crippen molar-refractivity contribution in [3.63, 3.8) is 0 Å². The van der Waals surface area contributed by atoms with E-state index in [4.69, 9.17) is 0 Å². The van der Waals surface area contributed by atoms with Gasteiger partial charge in [0.15, 0.2) is 0 Å². The summed E-state index contributed by atoms with van der Waals surface area (Å²) in [6.07, 6.45) is 1.23. The highest BCUT2D eigenvalue weighted by molar-refractivity contribution is 5.45. The van der Waals surface area contributed by atoms with Crippen LogP contribution in [0.2, 0.25) is 0 Å². The van der Waals surface area contributed by atoms with Crippen molar-refractivity contribution in [2.75, 3.05) is 12.4 Å². The highest BCUT2D eigenvalue weighted by atomic mass is 19.1. The molecule has 4 heteroatoms. The van der Waals surface area contributed by atoms with Gasteiger partial charge in [0.1, 0.15) is 11.6 Å². The molecule has 0 fully saturated rings. The Morgan fingerprint density at radius 2 is 2.07 bits per heavy atom. The lowest BCUT2D eigenvalue weighted by atomic mass is 10.1. The Morgan fingerprint density at radius 3 is 2.60 bits per heavy atom. The van der Waals surface area contributed by atoms with Gasteiger partial charge in [-0.2, -0.15) is 0 Å². The molecule has 0 spiro atoms. The molecule has 84 valence electrons. The molecule has 0 unspecified atom stereocenters. The molecule has 0 aliphatic carbocycles. The Balaban J connectivity index is 2.95. The summed E-state index contributed by atoms with van der Waals surface area (Å²) in [7, 11) is 1.83. The van der Waals surface area contributed by atoms with Gasteiger partial charge in [-0.1, -0.05) is 0 Å². The first-order valence-electron chi connectivity index (χ1n) is 4.99. The van der Waals surface area contributed by atoms with Gasteiger partial charge in [0.2, 0.25) is 0 Å². The summed E-state index contributed by atoms with van der Waals surface area (Å²) in [6, 6.07) is 1.50. The van der Waals surface area contributed by atoms with Gasteiger partial charge in [-0.25, -0.2) is 9.37 Å². The van der Waals surface area contributed by atoms with Gasteiger partial charge in [-0.3, -0.25) is 0 Å². The molecule has 0 aromatic carbocycles.